The normalized spacial score (nSPS) is 21.8. The molecule has 1 fully saturated rings. The Morgan fingerprint density at radius 2 is 2.00 bits per heavy atom. The molecule has 2 N–H and O–H groups in total. The average Bonchev–Trinajstić information content (AvgIpc) is 2.36. The zero-order valence-corrected chi connectivity index (χ0v) is 11.5. The third-order valence-electron chi connectivity index (χ3n) is 2.87. The highest BCUT2D eigenvalue weighted by Crippen LogP contribution is 2.19. The minimum Gasteiger partial charge on any atom is -0.338 e. The second kappa shape index (κ2) is 5.59. The van der Waals surface area contributed by atoms with Gasteiger partial charge in [-0.25, -0.2) is 13.9 Å². The number of hydroxylamine groups is 1. The highest BCUT2D eigenvalue weighted by atomic mass is 32.2. The van der Waals surface area contributed by atoms with E-state index in [0.29, 0.717) is 0 Å². The van der Waals surface area contributed by atoms with Crippen LogP contribution in [0.2, 0.25) is 0 Å². The molecule has 1 aliphatic heterocycles. The molecule has 20 heavy (non-hydrogen) atoms. The summed E-state index contributed by atoms with van der Waals surface area (Å²) in [6.07, 6.45) is 0.961. The van der Waals surface area contributed by atoms with Crippen molar-refractivity contribution in [2.24, 2.45) is 5.92 Å². The van der Waals surface area contributed by atoms with E-state index < -0.39 is 32.9 Å². The van der Waals surface area contributed by atoms with E-state index in [1.165, 1.54) is 0 Å². The molecular weight excluding hydrogens is 284 g/mol. The quantitative estimate of drug-likeness (QED) is 0.427. The summed E-state index contributed by atoms with van der Waals surface area (Å²) in [6.45, 7) is 0.129. The average molecular weight is 298 g/mol. The first kappa shape index (κ1) is 14.5. The van der Waals surface area contributed by atoms with Crippen LogP contribution in [0.4, 0.5) is 0 Å². The van der Waals surface area contributed by atoms with Gasteiger partial charge in [-0.1, -0.05) is 30.3 Å². The summed E-state index contributed by atoms with van der Waals surface area (Å²) in [5.41, 5.74) is 2.94. The number of carbonyl (C=O) groups excluding carboxylic acids is 2. The number of rotatable bonds is 5. The van der Waals surface area contributed by atoms with Crippen LogP contribution >= 0.6 is 0 Å². The van der Waals surface area contributed by atoms with Crippen LogP contribution in [0.15, 0.2) is 30.3 Å². The van der Waals surface area contributed by atoms with Gasteiger partial charge < -0.3 is 5.32 Å². The first-order valence-corrected chi connectivity index (χ1v) is 7.80. The maximum atomic E-state index is 11.7. The summed E-state index contributed by atoms with van der Waals surface area (Å²) in [5, 5.41) is 0.994. The van der Waals surface area contributed by atoms with Gasteiger partial charge in [0, 0.05) is 6.26 Å². The molecule has 0 aromatic heterocycles. The number of hydrogen-bond donors (Lipinski definition) is 2. The minimum absolute atomic E-state index is 0.129. The second-order valence-corrected chi connectivity index (χ2v) is 6.64. The van der Waals surface area contributed by atoms with E-state index in [4.69, 9.17) is 4.84 Å². The molecule has 7 nitrogen and oxygen atoms in total. The van der Waals surface area contributed by atoms with Crippen molar-refractivity contribution in [2.45, 2.75) is 12.0 Å². The Labute approximate surface area is 116 Å². The van der Waals surface area contributed by atoms with Gasteiger partial charge in [-0.3, -0.25) is 14.4 Å². The van der Waals surface area contributed by atoms with Gasteiger partial charge in [-0.05, 0) is 5.56 Å². The van der Waals surface area contributed by atoms with E-state index in [2.05, 4.69) is 10.8 Å². The zero-order chi connectivity index (χ0) is 14.8. The summed E-state index contributed by atoms with van der Waals surface area (Å²) < 4.78 is 22.7. The Kier molecular flexibility index (Phi) is 4.05. The van der Waals surface area contributed by atoms with Crippen molar-refractivity contribution >= 4 is 21.7 Å². The van der Waals surface area contributed by atoms with Gasteiger partial charge in [0.1, 0.15) is 0 Å². The molecule has 8 heteroatoms. The van der Waals surface area contributed by atoms with Crippen LogP contribution in [0, 0.1) is 5.92 Å². The molecule has 0 saturated carbocycles. The number of hydrogen-bond acceptors (Lipinski definition) is 5. The summed E-state index contributed by atoms with van der Waals surface area (Å²) in [7, 11) is -3.52. The molecule has 1 aliphatic rings. The van der Waals surface area contributed by atoms with Crippen LogP contribution in [0.5, 0.6) is 0 Å². The number of amides is 2. The van der Waals surface area contributed by atoms with Crippen LogP contribution in [0.1, 0.15) is 5.56 Å². The largest absolute Gasteiger partial charge is 0.338 e. The monoisotopic (exact) mass is 298 g/mol. The first-order chi connectivity index (χ1) is 9.39. The number of carbonyl (C=O) groups is 2. The third-order valence-corrected chi connectivity index (χ3v) is 4.18. The second-order valence-electron chi connectivity index (χ2n) is 4.48. The molecule has 0 radical (unpaired) electrons. The first-order valence-electron chi connectivity index (χ1n) is 5.84. The van der Waals surface area contributed by atoms with Gasteiger partial charge >= 0.3 is 0 Å². The maximum absolute atomic E-state index is 11.7. The topological polar surface area (TPSA) is 102 Å². The molecule has 2 rings (SSSR count). The fourth-order valence-corrected chi connectivity index (χ4v) is 2.87. The SMILES string of the molecule is CS(=O)(=O)[C@@H]1NC(=O)[C@@H]1C(=O)NOCc1ccccc1. The van der Waals surface area contributed by atoms with E-state index in [1.807, 2.05) is 30.3 Å². The Morgan fingerprint density at radius 1 is 1.35 bits per heavy atom. The van der Waals surface area contributed by atoms with Gasteiger partial charge in [0.05, 0.1) is 6.61 Å². The van der Waals surface area contributed by atoms with Crippen molar-refractivity contribution in [1.82, 2.24) is 10.8 Å². The van der Waals surface area contributed by atoms with E-state index >= 15 is 0 Å². The van der Waals surface area contributed by atoms with Crippen molar-refractivity contribution in [1.29, 1.82) is 0 Å². The smallest absolute Gasteiger partial charge is 0.259 e. The summed E-state index contributed by atoms with van der Waals surface area (Å²) in [4.78, 5) is 28.0. The lowest BCUT2D eigenvalue weighted by molar-refractivity contribution is -0.150. The fraction of sp³-hybridized carbons (Fsp3) is 0.333. The molecule has 0 bridgehead atoms. The predicted octanol–water partition coefficient (Wildman–Crippen LogP) is -0.649. The Bertz CT molecular complexity index is 614. The number of β-lactam (4-membered cyclic amide) rings is 1. The summed E-state index contributed by atoms with van der Waals surface area (Å²) >= 11 is 0. The maximum Gasteiger partial charge on any atom is 0.259 e. The highest BCUT2D eigenvalue weighted by Gasteiger charge is 2.50. The molecule has 108 valence electrons. The van der Waals surface area contributed by atoms with Gasteiger partial charge in [-0.2, -0.15) is 0 Å². The molecule has 0 aliphatic carbocycles. The third kappa shape index (κ3) is 3.14. The summed E-state index contributed by atoms with van der Waals surface area (Å²) in [5.74, 6) is -2.65. The predicted molar refractivity (Wildman–Crippen MR) is 69.6 cm³/mol. The lowest BCUT2D eigenvalue weighted by Gasteiger charge is -2.33. The Balaban J connectivity index is 1.87. The van der Waals surface area contributed by atoms with Crippen molar-refractivity contribution in [3.63, 3.8) is 0 Å². The lowest BCUT2D eigenvalue weighted by atomic mass is 10.0. The Hall–Kier alpha value is -1.93. The van der Waals surface area contributed by atoms with Crippen LogP contribution < -0.4 is 10.8 Å². The number of benzene rings is 1. The van der Waals surface area contributed by atoms with Crippen molar-refractivity contribution in [2.75, 3.05) is 6.26 Å². The molecule has 1 aromatic rings. The molecule has 0 unspecified atom stereocenters. The lowest BCUT2D eigenvalue weighted by Crippen LogP contribution is -2.66. The van der Waals surface area contributed by atoms with Crippen molar-refractivity contribution < 1.29 is 22.8 Å². The van der Waals surface area contributed by atoms with Gasteiger partial charge in [0.2, 0.25) is 5.91 Å². The van der Waals surface area contributed by atoms with Crippen LogP contribution in [-0.2, 0) is 30.9 Å². The van der Waals surface area contributed by atoms with Gasteiger partial charge in [-0.15, -0.1) is 0 Å². The molecule has 0 spiro atoms. The van der Waals surface area contributed by atoms with E-state index in [-0.39, 0.29) is 6.61 Å². The number of nitrogens with one attached hydrogen (secondary N) is 2. The standard InChI is InChI=1S/C12H14N2O5S/c1-20(17,18)12-9(10(15)13-12)11(16)14-19-7-8-5-3-2-4-6-8/h2-6,9,12H,7H2,1H3,(H,13,15)(H,14,16)/t9-,12+/m1/s1. The molecular formula is C12H14N2O5S. The highest BCUT2D eigenvalue weighted by molar-refractivity contribution is 7.91. The molecule has 2 amide bonds. The summed E-state index contributed by atoms with van der Waals surface area (Å²) in [6, 6.07) is 9.10. The zero-order valence-electron chi connectivity index (χ0n) is 10.7. The van der Waals surface area contributed by atoms with Crippen LogP contribution in [0.25, 0.3) is 0 Å². The molecule has 2 atom stereocenters. The van der Waals surface area contributed by atoms with Crippen molar-refractivity contribution in [3.8, 4) is 0 Å². The van der Waals surface area contributed by atoms with Gasteiger partial charge in [0.15, 0.2) is 21.1 Å². The molecule has 1 aromatic carbocycles. The fourth-order valence-electron chi connectivity index (χ4n) is 1.79. The molecule has 1 heterocycles. The van der Waals surface area contributed by atoms with Crippen molar-refractivity contribution in [3.05, 3.63) is 35.9 Å². The van der Waals surface area contributed by atoms with Gasteiger partial charge in [0.25, 0.3) is 5.91 Å². The molecule has 1 saturated heterocycles. The minimum atomic E-state index is -3.52. The number of sulfone groups is 1. The van der Waals surface area contributed by atoms with Crippen LogP contribution in [-0.4, -0.2) is 31.9 Å². The van der Waals surface area contributed by atoms with E-state index in [1.54, 1.807) is 0 Å². The van der Waals surface area contributed by atoms with E-state index in [9.17, 15) is 18.0 Å². The Morgan fingerprint density at radius 3 is 2.55 bits per heavy atom. The van der Waals surface area contributed by atoms with E-state index in [0.717, 1.165) is 11.8 Å². The van der Waals surface area contributed by atoms with Crippen LogP contribution in [0.3, 0.4) is 0 Å².